The lowest BCUT2D eigenvalue weighted by atomic mass is 9.98. The molecule has 0 N–H and O–H groups in total. The Hall–Kier alpha value is -2.53. The van der Waals surface area contributed by atoms with Crippen LogP contribution in [0.5, 0.6) is 0 Å². The molecule has 1 fully saturated rings. The zero-order valence-corrected chi connectivity index (χ0v) is 14.7. The Labute approximate surface area is 148 Å². The van der Waals surface area contributed by atoms with Crippen LogP contribution in [0.1, 0.15) is 28.8 Å². The molecule has 1 aliphatic rings. The van der Waals surface area contributed by atoms with Gasteiger partial charge >= 0.3 is 0 Å². The highest BCUT2D eigenvalue weighted by Gasteiger charge is 2.20. The second kappa shape index (κ2) is 7.57. The van der Waals surface area contributed by atoms with Gasteiger partial charge in [-0.05, 0) is 17.7 Å². The monoisotopic (exact) mass is 337 g/mol. The number of pyridine rings is 1. The predicted octanol–water partition coefficient (Wildman–Crippen LogP) is 2.62. The Kier molecular flexibility index (Phi) is 5.24. The fraction of sp³-hybridized carbons (Fsp3) is 0.350. The van der Waals surface area contributed by atoms with Crippen LogP contribution in [-0.2, 0) is 11.3 Å². The molecule has 0 radical (unpaired) electrons. The number of nitrogens with zero attached hydrogens (tertiary/aromatic N) is 3. The van der Waals surface area contributed by atoms with E-state index >= 15 is 0 Å². The number of aromatic nitrogens is 1. The van der Waals surface area contributed by atoms with Gasteiger partial charge in [-0.3, -0.25) is 19.5 Å². The van der Waals surface area contributed by atoms with E-state index in [-0.39, 0.29) is 5.91 Å². The molecule has 3 rings (SSSR count). The van der Waals surface area contributed by atoms with E-state index in [1.165, 1.54) is 0 Å². The topological polar surface area (TPSA) is 53.5 Å². The summed E-state index contributed by atoms with van der Waals surface area (Å²) in [5.41, 5.74) is 3.42. The Balaban J connectivity index is 1.94. The molecule has 25 heavy (non-hydrogen) atoms. The van der Waals surface area contributed by atoms with Crippen molar-refractivity contribution in [3.63, 3.8) is 0 Å². The summed E-state index contributed by atoms with van der Waals surface area (Å²) in [6.45, 7) is 2.34. The number of rotatable bonds is 4. The first kappa shape index (κ1) is 17.3. The van der Waals surface area contributed by atoms with Crippen molar-refractivity contribution in [1.29, 1.82) is 0 Å². The normalized spacial score (nSPS) is 15.2. The molecule has 1 amide bonds. The van der Waals surface area contributed by atoms with Crippen LogP contribution in [0.4, 0.5) is 0 Å². The number of benzene rings is 1. The van der Waals surface area contributed by atoms with Crippen LogP contribution in [0, 0.1) is 0 Å². The summed E-state index contributed by atoms with van der Waals surface area (Å²) in [6, 6.07) is 11.7. The lowest BCUT2D eigenvalue weighted by Gasteiger charge is -2.26. The Bertz CT molecular complexity index is 776. The second-order valence-electron chi connectivity index (χ2n) is 6.57. The maximum absolute atomic E-state index is 12.5. The molecule has 5 heteroatoms. The largest absolute Gasteiger partial charge is 0.345 e. The van der Waals surface area contributed by atoms with Gasteiger partial charge in [0.05, 0.1) is 11.3 Å². The summed E-state index contributed by atoms with van der Waals surface area (Å²) in [7, 11) is 3.49. The fourth-order valence-electron chi connectivity index (χ4n) is 3.12. The van der Waals surface area contributed by atoms with Gasteiger partial charge < -0.3 is 4.90 Å². The van der Waals surface area contributed by atoms with Gasteiger partial charge in [0.2, 0.25) is 0 Å². The van der Waals surface area contributed by atoms with Crippen molar-refractivity contribution < 1.29 is 9.59 Å². The summed E-state index contributed by atoms with van der Waals surface area (Å²) in [5.74, 6) is 0.287. The third-order valence-corrected chi connectivity index (χ3v) is 4.52. The first-order chi connectivity index (χ1) is 12.1. The average Bonchev–Trinajstić information content (AvgIpc) is 2.63. The molecule has 0 bridgehead atoms. The standard InChI is InChI=1S/C20H23N3O2/c1-22(2)20(25)18-8-5-11-21-19(18)17-7-4-3-6-15(17)14-23-12-9-16(24)10-13-23/h3-8,11H,9-10,12-14H2,1-2H3. The number of Topliss-reactive ketones (excluding diaryl/α,β-unsaturated/α-hetero) is 1. The number of piperidine rings is 1. The quantitative estimate of drug-likeness (QED) is 0.861. The van der Waals surface area contributed by atoms with E-state index in [2.05, 4.69) is 16.0 Å². The highest BCUT2D eigenvalue weighted by atomic mass is 16.2. The van der Waals surface area contributed by atoms with E-state index in [4.69, 9.17) is 0 Å². The number of hydrogen-bond acceptors (Lipinski definition) is 4. The van der Waals surface area contributed by atoms with E-state index in [0.29, 0.717) is 29.9 Å². The van der Waals surface area contributed by atoms with E-state index in [1.54, 1.807) is 31.3 Å². The van der Waals surface area contributed by atoms with Gasteiger partial charge in [-0.25, -0.2) is 0 Å². The van der Waals surface area contributed by atoms with E-state index in [0.717, 1.165) is 30.8 Å². The molecule has 1 aliphatic heterocycles. The summed E-state index contributed by atoms with van der Waals surface area (Å²) in [4.78, 5) is 32.3. The number of ketones is 1. The van der Waals surface area contributed by atoms with E-state index < -0.39 is 0 Å². The van der Waals surface area contributed by atoms with Crippen molar-refractivity contribution in [2.24, 2.45) is 0 Å². The molecular weight excluding hydrogens is 314 g/mol. The summed E-state index contributed by atoms with van der Waals surface area (Å²) in [6.07, 6.45) is 2.96. The van der Waals surface area contributed by atoms with Crippen molar-refractivity contribution in [2.45, 2.75) is 19.4 Å². The van der Waals surface area contributed by atoms with E-state index in [9.17, 15) is 9.59 Å². The number of carbonyl (C=O) groups is 2. The second-order valence-corrected chi connectivity index (χ2v) is 6.57. The Morgan fingerprint density at radius 3 is 2.56 bits per heavy atom. The van der Waals surface area contributed by atoms with Crippen LogP contribution < -0.4 is 0 Å². The summed E-state index contributed by atoms with van der Waals surface area (Å²) >= 11 is 0. The van der Waals surface area contributed by atoms with Gasteiger partial charge in [0.15, 0.2) is 0 Å². The molecule has 2 heterocycles. The van der Waals surface area contributed by atoms with Gasteiger partial charge in [-0.15, -0.1) is 0 Å². The molecule has 130 valence electrons. The van der Waals surface area contributed by atoms with Crippen LogP contribution in [0.15, 0.2) is 42.6 Å². The van der Waals surface area contributed by atoms with Crippen LogP contribution in [0.25, 0.3) is 11.3 Å². The number of hydrogen-bond donors (Lipinski definition) is 0. The van der Waals surface area contributed by atoms with E-state index in [1.807, 2.05) is 24.3 Å². The Morgan fingerprint density at radius 2 is 1.84 bits per heavy atom. The minimum atomic E-state index is -0.0542. The maximum Gasteiger partial charge on any atom is 0.255 e. The van der Waals surface area contributed by atoms with Gasteiger partial charge in [0.1, 0.15) is 5.78 Å². The van der Waals surface area contributed by atoms with Crippen molar-refractivity contribution in [1.82, 2.24) is 14.8 Å². The van der Waals surface area contributed by atoms with Gasteiger partial charge in [0.25, 0.3) is 5.91 Å². The zero-order valence-electron chi connectivity index (χ0n) is 14.7. The first-order valence-electron chi connectivity index (χ1n) is 8.55. The van der Waals surface area contributed by atoms with Crippen molar-refractivity contribution in [3.8, 4) is 11.3 Å². The highest BCUT2D eigenvalue weighted by molar-refractivity contribution is 5.99. The maximum atomic E-state index is 12.5. The van der Waals surface area contributed by atoms with Crippen LogP contribution in [-0.4, -0.2) is 53.7 Å². The molecule has 0 unspecified atom stereocenters. The van der Waals surface area contributed by atoms with Gasteiger partial charge in [0, 0.05) is 58.3 Å². The van der Waals surface area contributed by atoms with Crippen molar-refractivity contribution in [2.75, 3.05) is 27.2 Å². The number of likely N-dealkylation sites (tertiary alicyclic amines) is 1. The lowest BCUT2D eigenvalue weighted by Crippen LogP contribution is -2.33. The summed E-state index contributed by atoms with van der Waals surface area (Å²) < 4.78 is 0. The zero-order chi connectivity index (χ0) is 17.8. The van der Waals surface area contributed by atoms with Gasteiger partial charge in [-0.1, -0.05) is 24.3 Å². The minimum absolute atomic E-state index is 0.0542. The fourth-order valence-corrected chi connectivity index (χ4v) is 3.12. The molecule has 2 aromatic rings. The van der Waals surface area contributed by atoms with Crippen LogP contribution in [0.2, 0.25) is 0 Å². The van der Waals surface area contributed by atoms with Crippen LogP contribution in [0.3, 0.4) is 0 Å². The average molecular weight is 337 g/mol. The first-order valence-corrected chi connectivity index (χ1v) is 8.55. The SMILES string of the molecule is CN(C)C(=O)c1cccnc1-c1ccccc1CN1CCC(=O)CC1. The molecule has 0 saturated carbocycles. The minimum Gasteiger partial charge on any atom is -0.345 e. The van der Waals surface area contributed by atoms with Crippen LogP contribution >= 0.6 is 0 Å². The number of carbonyl (C=O) groups excluding carboxylic acids is 2. The third-order valence-electron chi connectivity index (χ3n) is 4.52. The molecule has 0 atom stereocenters. The van der Waals surface area contributed by atoms with Crippen molar-refractivity contribution >= 4 is 11.7 Å². The van der Waals surface area contributed by atoms with Gasteiger partial charge in [-0.2, -0.15) is 0 Å². The molecule has 5 nitrogen and oxygen atoms in total. The lowest BCUT2D eigenvalue weighted by molar-refractivity contribution is -0.121. The highest BCUT2D eigenvalue weighted by Crippen LogP contribution is 2.27. The number of amides is 1. The molecule has 1 aromatic heterocycles. The third kappa shape index (κ3) is 3.94. The Morgan fingerprint density at radius 1 is 1.12 bits per heavy atom. The molecule has 1 saturated heterocycles. The molecule has 0 aliphatic carbocycles. The summed E-state index contributed by atoms with van der Waals surface area (Å²) in [5, 5.41) is 0. The smallest absolute Gasteiger partial charge is 0.255 e. The predicted molar refractivity (Wildman–Crippen MR) is 97.2 cm³/mol. The molecule has 1 aromatic carbocycles. The molecular formula is C20H23N3O2. The van der Waals surface area contributed by atoms with Crippen molar-refractivity contribution in [3.05, 3.63) is 53.7 Å². The molecule has 0 spiro atoms.